The van der Waals surface area contributed by atoms with E-state index in [1.54, 1.807) is 12.1 Å². The maximum Gasteiger partial charge on any atom is 0.269 e. The van der Waals surface area contributed by atoms with Gasteiger partial charge in [0.2, 0.25) is 0 Å². The van der Waals surface area contributed by atoms with E-state index >= 15 is 0 Å². The Balaban J connectivity index is 1.68. The molecular weight excluding hydrogens is 457 g/mol. The predicted molar refractivity (Wildman–Crippen MR) is 118 cm³/mol. The lowest BCUT2D eigenvalue weighted by Gasteiger charge is -2.41. The van der Waals surface area contributed by atoms with Crippen molar-refractivity contribution in [3.63, 3.8) is 0 Å². The minimum Gasteiger partial charge on any atom is -0.324 e. The van der Waals surface area contributed by atoms with Gasteiger partial charge in [0.1, 0.15) is 11.1 Å². The second-order valence-electron chi connectivity index (χ2n) is 7.91. The average molecular weight is 472 g/mol. The Bertz CT molecular complexity index is 1300. The minimum atomic E-state index is -1.25. The molecule has 3 aromatic rings. The Kier molecular flexibility index (Phi) is 3.94. The molecule has 31 heavy (non-hydrogen) atoms. The van der Waals surface area contributed by atoms with Crippen LogP contribution in [-0.2, 0) is 10.3 Å². The molecule has 1 amide bonds. The van der Waals surface area contributed by atoms with Crippen LogP contribution in [0.15, 0.2) is 53.9 Å². The van der Waals surface area contributed by atoms with Crippen LogP contribution >= 0.6 is 35.0 Å². The summed E-state index contributed by atoms with van der Waals surface area (Å²) in [4.78, 5) is 34.0. The van der Waals surface area contributed by atoms with Crippen molar-refractivity contribution in [1.82, 2.24) is 19.7 Å². The van der Waals surface area contributed by atoms with Gasteiger partial charge in [0.25, 0.3) is 11.8 Å². The standard InChI is InChI=1S/C21H15Cl2N5O2S/c1-27-9-14(12-7-6-11(22)8-15(12)23)21(18(30)28-19(31-21)24-10-25-28)20(27)13-4-2-3-5-16(13)26-17(20)29/h2-8,10,14H,9H2,1H3,(H,26,29)/t14-,20+,21-/m0/s1. The van der Waals surface area contributed by atoms with E-state index < -0.39 is 16.2 Å². The first-order chi connectivity index (χ1) is 14.9. The molecule has 1 N–H and O–H groups in total. The van der Waals surface area contributed by atoms with Crippen molar-refractivity contribution in [3.8, 4) is 0 Å². The molecular formula is C21H15Cl2N5O2S. The van der Waals surface area contributed by atoms with Gasteiger partial charge in [-0.2, -0.15) is 9.78 Å². The second kappa shape index (κ2) is 6.32. The first kappa shape index (κ1) is 19.3. The minimum absolute atomic E-state index is 0.240. The molecule has 0 aliphatic carbocycles. The molecule has 0 radical (unpaired) electrons. The van der Waals surface area contributed by atoms with Crippen LogP contribution in [-0.4, -0.2) is 49.8 Å². The highest BCUT2D eigenvalue weighted by Crippen LogP contribution is 2.66. The quantitative estimate of drug-likeness (QED) is 0.583. The van der Waals surface area contributed by atoms with Gasteiger partial charge in [0, 0.05) is 33.8 Å². The fourth-order valence-electron chi connectivity index (χ4n) is 5.40. The summed E-state index contributed by atoms with van der Waals surface area (Å²) in [6.45, 7) is 0.437. The number of aromatic nitrogens is 3. The van der Waals surface area contributed by atoms with Crippen LogP contribution in [0.3, 0.4) is 0 Å². The number of hydrogen-bond donors (Lipinski definition) is 1. The van der Waals surface area contributed by atoms with E-state index in [9.17, 15) is 9.59 Å². The number of rotatable bonds is 1. The number of nitrogens with zero attached hydrogens (tertiary/aromatic N) is 4. The van der Waals surface area contributed by atoms with Crippen LogP contribution in [0.4, 0.5) is 5.69 Å². The Hall–Kier alpha value is -2.39. The maximum absolute atomic E-state index is 14.1. The number of hydrogen-bond acceptors (Lipinski definition) is 6. The van der Waals surface area contributed by atoms with E-state index in [0.717, 1.165) is 11.1 Å². The van der Waals surface area contributed by atoms with Crippen molar-refractivity contribution in [2.45, 2.75) is 21.4 Å². The van der Waals surface area contributed by atoms with E-state index in [1.807, 2.05) is 42.3 Å². The number of carbonyl (C=O) groups is 2. The highest BCUT2D eigenvalue weighted by molar-refractivity contribution is 8.01. The van der Waals surface area contributed by atoms with E-state index in [0.29, 0.717) is 27.4 Å². The third-order valence-electron chi connectivity index (χ3n) is 6.57. The van der Waals surface area contributed by atoms with Crippen molar-refractivity contribution in [2.24, 2.45) is 0 Å². The molecule has 7 nitrogen and oxygen atoms in total. The zero-order valence-electron chi connectivity index (χ0n) is 16.2. The first-order valence-corrected chi connectivity index (χ1v) is 11.2. The number of para-hydroxylation sites is 1. The number of benzene rings is 2. The van der Waals surface area contributed by atoms with E-state index in [1.165, 1.54) is 22.8 Å². The van der Waals surface area contributed by atoms with E-state index in [2.05, 4.69) is 15.4 Å². The fraction of sp³-hybridized carbons (Fsp3) is 0.238. The summed E-state index contributed by atoms with van der Waals surface area (Å²) in [5, 5.41) is 8.58. The molecule has 3 atom stereocenters. The molecule has 4 heterocycles. The van der Waals surface area contributed by atoms with Crippen molar-refractivity contribution in [1.29, 1.82) is 0 Å². The Morgan fingerprint density at radius 2 is 2.00 bits per heavy atom. The second-order valence-corrected chi connectivity index (χ2v) is 9.96. The molecule has 0 saturated carbocycles. The van der Waals surface area contributed by atoms with Crippen LogP contribution in [0.25, 0.3) is 0 Å². The van der Waals surface area contributed by atoms with Crippen molar-refractivity contribution in [3.05, 3.63) is 70.0 Å². The molecule has 1 aromatic heterocycles. The third kappa shape index (κ3) is 2.16. The van der Waals surface area contributed by atoms with Gasteiger partial charge in [-0.3, -0.25) is 14.5 Å². The van der Waals surface area contributed by atoms with Gasteiger partial charge in [0.15, 0.2) is 10.7 Å². The zero-order chi connectivity index (χ0) is 21.5. The lowest BCUT2D eigenvalue weighted by molar-refractivity contribution is -0.126. The van der Waals surface area contributed by atoms with Crippen LogP contribution in [0, 0.1) is 0 Å². The summed E-state index contributed by atoms with van der Waals surface area (Å²) in [6, 6.07) is 12.8. The van der Waals surface area contributed by atoms with Gasteiger partial charge < -0.3 is 5.32 Å². The zero-order valence-corrected chi connectivity index (χ0v) is 18.5. The van der Waals surface area contributed by atoms with Crippen LogP contribution in [0.5, 0.6) is 0 Å². The van der Waals surface area contributed by atoms with Crippen molar-refractivity contribution in [2.75, 3.05) is 18.9 Å². The number of nitrogens with one attached hydrogen (secondary N) is 1. The van der Waals surface area contributed by atoms with Crippen LogP contribution in [0.1, 0.15) is 21.8 Å². The molecule has 2 spiro atoms. The van der Waals surface area contributed by atoms with Gasteiger partial charge in [0.05, 0.1) is 0 Å². The van der Waals surface area contributed by atoms with Gasteiger partial charge in [-0.1, -0.05) is 59.2 Å². The van der Waals surface area contributed by atoms with Gasteiger partial charge in [-0.15, -0.1) is 0 Å². The normalized spacial score (nSPS) is 29.1. The Labute approximate surface area is 191 Å². The predicted octanol–water partition coefficient (Wildman–Crippen LogP) is 3.65. The van der Waals surface area contributed by atoms with E-state index in [4.69, 9.17) is 23.2 Å². The summed E-state index contributed by atoms with van der Waals surface area (Å²) >= 11 is 14.1. The molecule has 6 rings (SSSR count). The molecule has 1 fully saturated rings. The molecule has 0 unspecified atom stereocenters. The number of fused-ring (bicyclic) bond motifs is 4. The fourth-order valence-corrected chi connectivity index (χ4v) is 7.57. The lowest BCUT2D eigenvalue weighted by atomic mass is 9.72. The van der Waals surface area contributed by atoms with Crippen LogP contribution in [0.2, 0.25) is 10.0 Å². The Morgan fingerprint density at radius 3 is 2.77 bits per heavy atom. The average Bonchev–Trinajstić information content (AvgIpc) is 3.44. The molecule has 3 aliphatic rings. The number of likely N-dealkylation sites (N-methyl/N-ethyl adjacent to an activating group) is 1. The lowest BCUT2D eigenvalue weighted by Crippen LogP contribution is -2.61. The first-order valence-electron chi connectivity index (χ1n) is 9.62. The van der Waals surface area contributed by atoms with Gasteiger partial charge in [-0.05, 0) is 30.8 Å². The molecule has 2 aromatic carbocycles. The number of likely N-dealkylation sites (tertiary alicyclic amines) is 1. The summed E-state index contributed by atoms with van der Waals surface area (Å²) in [6.07, 6.45) is 1.35. The summed E-state index contributed by atoms with van der Waals surface area (Å²) < 4.78 is 0.0586. The van der Waals surface area contributed by atoms with Crippen molar-refractivity contribution < 1.29 is 9.59 Å². The molecule has 1 saturated heterocycles. The topological polar surface area (TPSA) is 80.1 Å². The summed E-state index contributed by atoms with van der Waals surface area (Å²) in [5.74, 6) is -0.923. The number of carbonyl (C=O) groups excluding carboxylic acids is 2. The maximum atomic E-state index is 14.1. The highest BCUT2D eigenvalue weighted by atomic mass is 35.5. The molecule has 0 bridgehead atoms. The highest BCUT2D eigenvalue weighted by Gasteiger charge is 2.77. The largest absolute Gasteiger partial charge is 0.324 e. The molecule has 156 valence electrons. The summed E-state index contributed by atoms with van der Waals surface area (Å²) in [5.41, 5.74) is 0.981. The number of halogens is 2. The monoisotopic (exact) mass is 471 g/mol. The number of thioether (sulfide) groups is 1. The van der Waals surface area contributed by atoms with Gasteiger partial charge in [-0.25, -0.2) is 4.98 Å². The van der Waals surface area contributed by atoms with Gasteiger partial charge >= 0.3 is 0 Å². The Morgan fingerprint density at radius 1 is 1.19 bits per heavy atom. The van der Waals surface area contributed by atoms with Crippen LogP contribution < -0.4 is 5.32 Å². The number of amides is 1. The smallest absolute Gasteiger partial charge is 0.269 e. The molecule has 3 aliphatic heterocycles. The van der Waals surface area contributed by atoms with Crippen molar-refractivity contribution >= 4 is 52.5 Å². The molecule has 10 heteroatoms. The summed E-state index contributed by atoms with van der Waals surface area (Å²) in [7, 11) is 1.87. The van der Waals surface area contributed by atoms with E-state index in [-0.39, 0.29) is 11.8 Å². The third-order valence-corrected chi connectivity index (χ3v) is 8.67. The number of anilines is 1. The SMILES string of the molecule is CN1C[C@@H](c2ccc(Cl)cc2Cl)[C@@]2(Sc3ncnn3C2=O)[C@@]12C(=O)Nc1ccccc12.